The highest BCUT2D eigenvalue weighted by atomic mass is 28.4. The second-order valence-electron chi connectivity index (χ2n) is 4.87. The minimum absolute atomic E-state index is 0.815. The number of hydrogen-bond acceptors (Lipinski definition) is 6. The molecule has 0 radical (unpaired) electrons. The van der Waals surface area contributed by atoms with Gasteiger partial charge in [-0.2, -0.15) is 0 Å². The van der Waals surface area contributed by atoms with Gasteiger partial charge in [0.05, 0.1) is 14.2 Å². The molecule has 8 heteroatoms. The van der Waals surface area contributed by atoms with Crippen LogP contribution < -0.4 is 0 Å². The largest absolute Gasteiger partial charge is 0.643 e. The van der Waals surface area contributed by atoms with Gasteiger partial charge in [0.15, 0.2) is 0 Å². The molecule has 0 saturated carbocycles. The van der Waals surface area contributed by atoms with Crippen molar-refractivity contribution in [3.8, 4) is 0 Å². The van der Waals surface area contributed by atoms with Crippen LogP contribution in [0, 0.1) is 0 Å². The summed E-state index contributed by atoms with van der Waals surface area (Å²) < 4.78 is 27.0. The molecule has 0 aromatic carbocycles. The molecule has 0 heterocycles. The molecule has 0 fully saturated rings. The van der Waals surface area contributed by atoms with Gasteiger partial charge in [-0.3, -0.25) is 4.90 Å². The van der Waals surface area contributed by atoms with E-state index in [1.807, 2.05) is 6.08 Å². The Bertz CT molecular complexity index is 268. The fourth-order valence-corrected chi connectivity index (χ4v) is 5.01. The van der Waals surface area contributed by atoms with Gasteiger partial charge in [0.25, 0.3) is 0 Å². The van der Waals surface area contributed by atoms with E-state index in [1.165, 1.54) is 0 Å². The highest BCUT2D eigenvalue weighted by Gasteiger charge is 2.37. The van der Waals surface area contributed by atoms with Gasteiger partial charge in [-0.15, -0.1) is 6.58 Å². The lowest BCUT2D eigenvalue weighted by Crippen LogP contribution is -2.43. The van der Waals surface area contributed by atoms with Gasteiger partial charge in [0.1, 0.15) is 6.04 Å². The first-order valence-electron chi connectivity index (χ1n) is 7.53. The molecular weight excluding hydrogens is 318 g/mol. The van der Waals surface area contributed by atoms with Crippen LogP contribution in [0.15, 0.2) is 12.7 Å². The first-order valence-corrected chi connectivity index (χ1v) is 11.0. The molecule has 0 saturated heterocycles. The summed E-state index contributed by atoms with van der Waals surface area (Å²) in [6.07, 6.45) is 3.97. The van der Waals surface area contributed by atoms with Gasteiger partial charge in [-0.05, 0) is 19.4 Å². The summed E-state index contributed by atoms with van der Waals surface area (Å²) in [5.74, 6) is 0. The molecule has 0 atom stereocenters. The molecule has 0 bridgehead atoms. The Kier molecular flexibility index (Phi) is 13.3. The monoisotopic (exact) mass is 350 g/mol. The van der Waals surface area contributed by atoms with E-state index in [0.717, 1.165) is 44.6 Å². The van der Waals surface area contributed by atoms with Crippen molar-refractivity contribution >= 4 is 18.1 Å². The van der Waals surface area contributed by atoms with E-state index in [4.69, 9.17) is 22.1 Å². The summed E-state index contributed by atoms with van der Waals surface area (Å²) in [6, 6.07) is 1.80. The van der Waals surface area contributed by atoms with Gasteiger partial charge < -0.3 is 13.3 Å². The summed E-state index contributed by atoms with van der Waals surface area (Å²) in [5.41, 5.74) is 0. The van der Waals surface area contributed by atoms with E-state index in [-0.39, 0.29) is 0 Å². The Labute approximate surface area is 138 Å². The maximum Gasteiger partial charge on any atom is 0.643 e. The third-order valence-corrected chi connectivity index (χ3v) is 8.09. The average Bonchev–Trinajstić information content (AvgIpc) is 2.56. The van der Waals surface area contributed by atoms with Gasteiger partial charge in [0, 0.05) is 40.5 Å². The second kappa shape index (κ2) is 13.4. The van der Waals surface area contributed by atoms with Crippen LogP contribution in [0.3, 0.4) is 0 Å². The van der Waals surface area contributed by atoms with Crippen LogP contribution in [0.1, 0.15) is 12.8 Å². The second-order valence-corrected chi connectivity index (χ2v) is 10.0. The lowest BCUT2D eigenvalue weighted by atomic mass is 10.3. The zero-order chi connectivity index (χ0) is 16.8. The normalized spacial score (nSPS) is 11.9. The molecule has 130 valence electrons. The molecule has 0 unspecified atom stereocenters. The predicted molar refractivity (Wildman–Crippen MR) is 92.0 cm³/mol. The van der Waals surface area contributed by atoms with Crippen LogP contribution in [0.25, 0.3) is 0 Å². The highest BCUT2D eigenvalue weighted by Crippen LogP contribution is 2.15. The number of rotatable bonds is 15. The van der Waals surface area contributed by atoms with E-state index in [1.54, 1.807) is 35.5 Å². The number of hydrogen-bond donors (Lipinski definition) is 0. The lowest BCUT2D eigenvalue weighted by Gasteiger charge is -2.26. The minimum atomic E-state index is -2.46. The molecule has 22 heavy (non-hydrogen) atoms. The minimum Gasteiger partial charge on any atom is -0.377 e. The molecular formula is C14H32NO5Si2+. The molecule has 0 aliphatic heterocycles. The van der Waals surface area contributed by atoms with Crippen molar-refractivity contribution in [2.24, 2.45) is 0 Å². The first-order chi connectivity index (χ1) is 10.6. The summed E-state index contributed by atoms with van der Waals surface area (Å²) in [4.78, 5) is 2.37. The summed E-state index contributed by atoms with van der Waals surface area (Å²) in [6.45, 7) is 6.69. The van der Waals surface area contributed by atoms with Crippen molar-refractivity contribution in [2.75, 3.05) is 55.2 Å². The van der Waals surface area contributed by atoms with E-state index >= 15 is 0 Å². The van der Waals surface area contributed by atoms with Gasteiger partial charge in [-0.25, -0.2) is 8.85 Å². The molecule has 0 rings (SSSR count). The Hall–Kier alpha value is -0.0662. The molecule has 0 amide bonds. The van der Waals surface area contributed by atoms with Crippen LogP contribution >= 0.6 is 0 Å². The van der Waals surface area contributed by atoms with Crippen molar-refractivity contribution in [3.63, 3.8) is 0 Å². The smallest absolute Gasteiger partial charge is 0.377 e. The lowest BCUT2D eigenvalue weighted by molar-refractivity contribution is 0.121. The van der Waals surface area contributed by atoms with Gasteiger partial charge >= 0.3 is 18.1 Å². The molecule has 0 spiro atoms. The standard InChI is InChI=1S/C14H32NO5Si2/c1-7-10-15(11-8-13-21(16-2)17-3)12-9-14-22(18-4,19-5)20-6/h7H,1,8-14H2,2-6H3/q+1. The van der Waals surface area contributed by atoms with Gasteiger partial charge in [-0.1, -0.05) is 6.08 Å². The van der Waals surface area contributed by atoms with Crippen molar-refractivity contribution in [1.82, 2.24) is 4.90 Å². The van der Waals surface area contributed by atoms with E-state index < -0.39 is 18.1 Å². The summed E-state index contributed by atoms with van der Waals surface area (Å²) in [5, 5.41) is 0. The molecule has 0 aliphatic carbocycles. The fraction of sp³-hybridized carbons (Fsp3) is 0.857. The molecule has 0 aromatic heterocycles. The first kappa shape index (κ1) is 21.9. The number of nitrogens with zero attached hydrogens (tertiary/aromatic N) is 1. The summed E-state index contributed by atoms with van der Waals surface area (Å²) in [7, 11) is 4.83. The SMILES string of the molecule is C=CCN(CCC[Si+](OC)OC)CCC[Si](OC)(OC)OC. The Morgan fingerprint density at radius 2 is 1.50 bits per heavy atom. The van der Waals surface area contributed by atoms with Crippen LogP contribution in [-0.4, -0.2) is 78.2 Å². The zero-order valence-corrected chi connectivity index (χ0v) is 16.7. The van der Waals surface area contributed by atoms with Crippen molar-refractivity contribution in [3.05, 3.63) is 12.7 Å². The topological polar surface area (TPSA) is 49.4 Å². The maximum atomic E-state index is 5.45. The molecule has 0 aliphatic rings. The van der Waals surface area contributed by atoms with E-state index in [0.29, 0.717) is 0 Å². The highest BCUT2D eigenvalue weighted by molar-refractivity contribution is 6.60. The Morgan fingerprint density at radius 1 is 0.955 bits per heavy atom. The Morgan fingerprint density at radius 3 is 1.95 bits per heavy atom. The molecule has 0 aromatic rings. The van der Waals surface area contributed by atoms with Gasteiger partial charge in [0.2, 0.25) is 0 Å². The predicted octanol–water partition coefficient (Wildman–Crippen LogP) is 1.91. The van der Waals surface area contributed by atoms with Crippen LogP contribution in [0.2, 0.25) is 12.1 Å². The zero-order valence-electron chi connectivity index (χ0n) is 14.7. The van der Waals surface area contributed by atoms with Crippen LogP contribution in [-0.2, 0) is 22.1 Å². The average molecular weight is 351 g/mol. The summed E-state index contributed by atoms with van der Waals surface area (Å²) >= 11 is 0. The van der Waals surface area contributed by atoms with E-state index in [2.05, 4.69) is 11.5 Å². The third kappa shape index (κ3) is 8.54. The van der Waals surface area contributed by atoms with Crippen molar-refractivity contribution in [2.45, 2.75) is 24.9 Å². The fourth-order valence-electron chi connectivity index (χ4n) is 2.29. The quantitative estimate of drug-likeness (QED) is 0.332. The Balaban J connectivity index is 4.15. The molecule has 6 nitrogen and oxygen atoms in total. The maximum absolute atomic E-state index is 5.45. The molecule has 0 N–H and O–H groups in total. The van der Waals surface area contributed by atoms with Crippen LogP contribution in [0.5, 0.6) is 0 Å². The van der Waals surface area contributed by atoms with E-state index in [9.17, 15) is 0 Å². The van der Waals surface area contributed by atoms with Crippen LogP contribution in [0.4, 0.5) is 0 Å². The van der Waals surface area contributed by atoms with Crippen molar-refractivity contribution < 1.29 is 22.1 Å². The van der Waals surface area contributed by atoms with Crippen molar-refractivity contribution in [1.29, 1.82) is 0 Å². The third-order valence-electron chi connectivity index (χ3n) is 3.59.